The molecule has 1 aliphatic heterocycles. The van der Waals surface area contributed by atoms with E-state index in [1.54, 1.807) is 0 Å². The fraction of sp³-hybridized carbons (Fsp3) is 0.696. The van der Waals surface area contributed by atoms with E-state index in [1.807, 2.05) is 0 Å². The summed E-state index contributed by atoms with van der Waals surface area (Å²) in [6.07, 6.45) is 7.69. The van der Waals surface area contributed by atoms with Gasteiger partial charge >= 0.3 is 0 Å². The van der Waals surface area contributed by atoms with Gasteiger partial charge in [0.05, 0.1) is 12.6 Å². The molecule has 5 nitrogen and oxygen atoms in total. The highest BCUT2D eigenvalue weighted by atomic mass is 127. The summed E-state index contributed by atoms with van der Waals surface area (Å²) in [5.41, 5.74) is 2.64. The monoisotopic (exact) mass is 514 g/mol. The molecule has 2 aliphatic rings. The number of nitrogens with one attached hydrogen (secondary N) is 2. The van der Waals surface area contributed by atoms with Crippen molar-refractivity contribution >= 4 is 29.9 Å². The van der Waals surface area contributed by atoms with E-state index in [-0.39, 0.29) is 30.1 Å². The second-order valence-corrected chi connectivity index (χ2v) is 8.48. The topological polar surface area (TPSA) is 59.9 Å². The highest BCUT2D eigenvalue weighted by Crippen LogP contribution is 2.20. The number of hydrogen-bond acceptors (Lipinski definition) is 3. The van der Waals surface area contributed by atoms with Gasteiger partial charge in [0.25, 0.3) is 0 Å². The molecule has 1 aromatic carbocycles. The van der Waals surface area contributed by atoms with Crippen LogP contribution in [0.5, 0.6) is 0 Å². The van der Waals surface area contributed by atoms with Gasteiger partial charge in [-0.3, -0.25) is 4.90 Å². The molecule has 3 rings (SSSR count). The number of hydrogen-bond donors (Lipinski definition) is 3. The summed E-state index contributed by atoms with van der Waals surface area (Å²) in [4.78, 5) is 7.38. The molecule has 1 atom stereocenters. The maximum absolute atomic E-state index is 9.68. The Morgan fingerprint density at radius 2 is 1.76 bits per heavy atom. The lowest BCUT2D eigenvalue weighted by Gasteiger charge is -2.33. The minimum absolute atomic E-state index is 0. The zero-order valence-electron chi connectivity index (χ0n) is 18.1. The van der Waals surface area contributed by atoms with Gasteiger partial charge < -0.3 is 15.7 Å². The number of likely N-dealkylation sites (tertiary alicyclic amines) is 1. The van der Waals surface area contributed by atoms with Gasteiger partial charge in [-0.1, -0.05) is 30.7 Å². The number of aliphatic hydroxyl groups is 1. The Hall–Kier alpha value is -0.860. The molecule has 1 aliphatic carbocycles. The van der Waals surface area contributed by atoms with Crippen LogP contribution in [0.2, 0.25) is 0 Å². The molecular weight excluding hydrogens is 475 g/mol. The van der Waals surface area contributed by atoms with Gasteiger partial charge in [-0.15, -0.1) is 24.0 Å². The maximum Gasteiger partial charge on any atom is 0.191 e. The molecule has 1 saturated carbocycles. The number of aliphatic hydroxyl groups excluding tert-OH is 1. The van der Waals surface area contributed by atoms with E-state index in [0.29, 0.717) is 18.6 Å². The van der Waals surface area contributed by atoms with Crippen LogP contribution < -0.4 is 10.6 Å². The van der Waals surface area contributed by atoms with Crippen molar-refractivity contribution in [2.24, 2.45) is 4.99 Å². The molecule has 1 aromatic rings. The van der Waals surface area contributed by atoms with Gasteiger partial charge in [0.1, 0.15) is 0 Å². The van der Waals surface area contributed by atoms with Crippen LogP contribution >= 0.6 is 24.0 Å². The fourth-order valence-corrected chi connectivity index (χ4v) is 4.28. The lowest BCUT2D eigenvalue weighted by molar-refractivity contribution is 0.120. The second kappa shape index (κ2) is 12.7. The third kappa shape index (κ3) is 8.06. The van der Waals surface area contributed by atoms with Gasteiger partial charge in [-0.05, 0) is 70.0 Å². The van der Waals surface area contributed by atoms with Crippen molar-refractivity contribution in [1.29, 1.82) is 0 Å². The maximum atomic E-state index is 9.68. The van der Waals surface area contributed by atoms with Crippen LogP contribution in [0.15, 0.2) is 29.3 Å². The van der Waals surface area contributed by atoms with Gasteiger partial charge in [0.2, 0.25) is 0 Å². The first-order valence-corrected chi connectivity index (χ1v) is 11.2. The normalized spacial score (nSPS) is 25.9. The third-order valence-corrected chi connectivity index (χ3v) is 6.15. The number of halogens is 1. The number of piperidine rings is 1. The Labute approximate surface area is 193 Å². The summed E-state index contributed by atoms with van der Waals surface area (Å²) in [5.74, 6) is 0.884. The van der Waals surface area contributed by atoms with Crippen molar-refractivity contribution in [2.75, 3.05) is 13.1 Å². The Morgan fingerprint density at radius 3 is 2.41 bits per heavy atom. The van der Waals surface area contributed by atoms with E-state index < -0.39 is 0 Å². The van der Waals surface area contributed by atoms with Crippen molar-refractivity contribution in [3.05, 3.63) is 35.4 Å². The second-order valence-electron chi connectivity index (χ2n) is 8.48. The molecule has 0 spiro atoms. The Bertz CT molecular complexity index is 614. The molecule has 6 heteroatoms. The Morgan fingerprint density at radius 1 is 1.07 bits per heavy atom. The number of benzene rings is 1. The van der Waals surface area contributed by atoms with Crippen LogP contribution in [-0.4, -0.2) is 47.2 Å². The largest absolute Gasteiger partial charge is 0.393 e. The van der Waals surface area contributed by atoms with Crippen LogP contribution in [0, 0.1) is 0 Å². The predicted molar refractivity (Wildman–Crippen MR) is 132 cm³/mol. The van der Waals surface area contributed by atoms with Crippen LogP contribution in [0.4, 0.5) is 0 Å². The lowest BCUT2D eigenvalue weighted by Crippen LogP contribution is -2.45. The summed E-state index contributed by atoms with van der Waals surface area (Å²) >= 11 is 0. The molecular formula is C23H39IN4O. The number of nitrogens with zero attached hydrogens (tertiary/aromatic N) is 2. The molecule has 1 unspecified atom stereocenters. The van der Waals surface area contributed by atoms with E-state index >= 15 is 0 Å². The van der Waals surface area contributed by atoms with Crippen LogP contribution in [-0.2, 0) is 13.1 Å². The summed E-state index contributed by atoms with van der Waals surface area (Å²) in [7, 11) is 0. The molecule has 0 bridgehead atoms. The summed E-state index contributed by atoms with van der Waals surface area (Å²) in [6, 6.07) is 10.1. The molecule has 2 fully saturated rings. The van der Waals surface area contributed by atoms with Crippen LogP contribution in [0.3, 0.4) is 0 Å². The van der Waals surface area contributed by atoms with Crippen molar-refractivity contribution in [2.45, 2.75) is 90.1 Å². The molecule has 1 heterocycles. The smallest absolute Gasteiger partial charge is 0.191 e. The van der Waals surface area contributed by atoms with Crippen molar-refractivity contribution in [3.8, 4) is 0 Å². The minimum Gasteiger partial charge on any atom is -0.393 e. The fourth-order valence-electron chi connectivity index (χ4n) is 4.28. The number of rotatable bonds is 6. The highest BCUT2D eigenvalue weighted by Gasteiger charge is 2.20. The van der Waals surface area contributed by atoms with Gasteiger partial charge in [-0.25, -0.2) is 4.99 Å². The van der Waals surface area contributed by atoms with E-state index in [4.69, 9.17) is 4.99 Å². The molecule has 29 heavy (non-hydrogen) atoms. The first-order valence-electron chi connectivity index (χ1n) is 11.2. The van der Waals surface area contributed by atoms with Gasteiger partial charge in [0, 0.05) is 25.2 Å². The Balaban J connectivity index is 0.00000300. The number of aliphatic imine (C=N–C) groups is 1. The molecule has 3 N–H and O–H groups in total. The van der Waals surface area contributed by atoms with Crippen molar-refractivity contribution < 1.29 is 5.11 Å². The van der Waals surface area contributed by atoms with E-state index in [9.17, 15) is 5.11 Å². The summed E-state index contributed by atoms with van der Waals surface area (Å²) in [5, 5.41) is 16.6. The van der Waals surface area contributed by atoms with Crippen molar-refractivity contribution in [3.63, 3.8) is 0 Å². The van der Waals surface area contributed by atoms with Crippen LogP contribution in [0.25, 0.3) is 0 Å². The molecule has 0 aromatic heterocycles. The van der Waals surface area contributed by atoms with Crippen LogP contribution in [0.1, 0.15) is 69.9 Å². The zero-order chi connectivity index (χ0) is 19.8. The van der Waals surface area contributed by atoms with Gasteiger partial charge in [-0.2, -0.15) is 0 Å². The first kappa shape index (κ1) is 24.4. The summed E-state index contributed by atoms with van der Waals surface area (Å²) in [6.45, 7) is 8.27. The first-order chi connectivity index (χ1) is 13.6. The van der Waals surface area contributed by atoms with E-state index in [0.717, 1.165) is 44.7 Å². The predicted octanol–water partition coefficient (Wildman–Crippen LogP) is 4.04. The SMILES string of the molecule is CCNC(=NCc1ccc(CN2CCCCC2C)cc1)NC1CCC(O)CC1.I. The van der Waals surface area contributed by atoms with Crippen molar-refractivity contribution in [1.82, 2.24) is 15.5 Å². The average molecular weight is 514 g/mol. The molecule has 0 radical (unpaired) electrons. The quantitative estimate of drug-likeness (QED) is 0.305. The molecule has 1 saturated heterocycles. The number of guanidine groups is 1. The minimum atomic E-state index is -0.121. The van der Waals surface area contributed by atoms with Gasteiger partial charge in [0.15, 0.2) is 5.96 Å². The summed E-state index contributed by atoms with van der Waals surface area (Å²) < 4.78 is 0. The lowest BCUT2D eigenvalue weighted by atomic mass is 9.93. The van der Waals surface area contributed by atoms with E-state index in [1.165, 1.54) is 36.9 Å². The Kier molecular flexibility index (Phi) is 10.7. The molecule has 164 valence electrons. The standard InChI is InChI=1S/C23H38N4O.HI/c1-3-24-23(26-21-11-13-22(28)14-12-21)25-16-19-7-9-20(10-8-19)17-27-15-5-4-6-18(27)2;/h7-10,18,21-22,28H,3-6,11-17H2,1-2H3,(H2,24,25,26);1H. The van der Waals surface area contributed by atoms with E-state index in [2.05, 4.69) is 53.6 Å². The highest BCUT2D eigenvalue weighted by molar-refractivity contribution is 14.0. The zero-order valence-corrected chi connectivity index (χ0v) is 20.4. The molecule has 0 amide bonds. The third-order valence-electron chi connectivity index (χ3n) is 6.15. The average Bonchev–Trinajstić information content (AvgIpc) is 2.71.